The summed E-state index contributed by atoms with van der Waals surface area (Å²) in [5.41, 5.74) is 0.326. The molecule has 0 saturated heterocycles. The number of rotatable bonds is 3. The first-order valence-corrected chi connectivity index (χ1v) is 7.98. The van der Waals surface area contributed by atoms with Crippen LogP contribution in [0.1, 0.15) is 31.2 Å². The Morgan fingerprint density at radius 3 is 2.65 bits per heavy atom. The molecule has 0 amide bonds. The van der Waals surface area contributed by atoms with E-state index in [9.17, 15) is 12.8 Å². The first kappa shape index (κ1) is 14.8. The van der Waals surface area contributed by atoms with E-state index in [1.807, 2.05) is 0 Å². The van der Waals surface area contributed by atoms with Crippen molar-refractivity contribution in [3.8, 4) is 11.8 Å². The van der Waals surface area contributed by atoms with E-state index in [-0.39, 0.29) is 23.1 Å². The molecule has 0 aliphatic heterocycles. The molecule has 1 fully saturated rings. The Bertz CT molecular complexity index is 640. The first-order chi connectivity index (χ1) is 9.53. The highest BCUT2D eigenvalue weighted by atomic mass is 32.2. The molecule has 0 atom stereocenters. The molecule has 108 valence electrons. The maximum absolute atomic E-state index is 13.7. The smallest absolute Gasteiger partial charge is 0.235 e. The van der Waals surface area contributed by atoms with Crippen LogP contribution < -0.4 is 4.72 Å². The lowest BCUT2D eigenvalue weighted by molar-refractivity contribution is 0.350. The molecule has 1 aliphatic carbocycles. The molecule has 4 nitrogen and oxygen atoms in total. The van der Waals surface area contributed by atoms with Gasteiger partial charge >= 0.3 is 0 Å². The van der Waals surface area contributed by atoms with Crippen molar-refractivity contribution in [2.45, 2.75) is 30.9 Å². The molecule has 0 aromatic heterocycles. The number of benzene rings is 1. The zero-order valence-corrected chi connectivity index (χ0v) is 11.7. The molecule has 2 N–H and O–H groups in total. The van der Waals surface area contributed by atoms with E-state index in [1.165, 1.54) is 12.1 Å². The van der Waals surface area contributed by atoms with E-state index in [2.05, 4.69) is 16.6 Å². The third kappa shape index (κ3) is 3.50. The minimum absolute atomic E-state index is 0.128. The monoisotopic (exact) mass is 297 g/mol. The molecule has 0 radical (unpaired) electrons. The summed E-state index contributed by atoms with van der Waals surface area (Å²) in [6.07, 6.45) is 3.13. The largest absolute Gasteiger partial charge is 0.384 e. The zero-order chi connectivity index (χ0) is 14.6. The molecule has 2 rings (SSSR count). The van der Waals surface area contributed by atoms with E-state index in [1.54, 1.807) is 0 Å². The standard InChI is InChI=1S/C14H16FNO3S/c15-14-10-12(8-7-11(14)4-3-9-17)16-20(18,19)13-5-1-2-6-13/h7-8,10,13,16-17H,1-2,5-6,9H2. The van der Waals surface area contributed by atoms with Gasteiger partial charge in [-0.3, -0.25) is 4.72 Å². The van der Waals surface area contributed by atoms with Gasteiger partial charge in [-0.25, -0.2) is 12.8 Å². The molecule has 20 heavy (non-hydrogen) atoms. The summed E-state index contributed by atoms with van der Waals surface area (Å²) in [7, 11) is -3.45. The van der Waals surface area contributed by atoms with E-state index in [4.69, 9.17) is 5.11 Å². The Hall–Kier alpha value is -1.58. The van der Waals surface area contributed by atoms with Crippen LogP contribution in [0.25, 0.3) is 0 Å². The van der Waals surface area contributed by atoms with E-state index >= 15 is 0 Å². The van der Waals surface area contributed by atoms with Crippen LogP contribution in [-0.2, 0) is 10.0 Å². The summed E-state index contributed by atoms with van der Waals surface area (Å²) in [6, 6.07) is 3.97. The molecule has 6 heteroatoms. The van der Waals surface area contributed by atoms with Gasteiger partial charge in [0.05, 0.1) is 16.5 Å². The van der Waals surface area contributed by atoms with Crippen LogP contribution in [0.2, 0.25) is 0 Å². The summed E-state index contributed by atoms with van der Waals surface area (Å²) < 4.78 is 40.3. The number of aliphatic hydroxyl groups is 1. The quantitative estimate of drug-likeness (QED) is 0.837. The summed E-state index contributed by atoms with van der Waals surface area (Å²) in [4.78, 5) is 0. The summed E-state index contributed by atoms with van der Waals surface area (Å²) >= 11 is 0. The molecule has 0 spiro atoms. The normalized spacial score (nSPS) is 15.7. The second-order valence-electron chi connectivity index (χ2n) is 4.71. The van der Waals surface area contributed by atoms with Crippen molar-refractivity contribution in [2.75, 3.05) is 11.3 Å². The fraction of sp³-hybridized carbons (Fsp3) is 0.429. The predicted molar refractivity (Wildman–Crippen MR) is 75.2 cm³/mol. The van der Waals surface area contributed by atoms with Crippen molar-refractivity contribution in [2.24, 2.45) is 0 Å². The Labute approximate surface area is 118 Å². The Morgan fingerprint density at radius 1 is 1.35 bits per heavy atom. The molecular formula is C14H16FNO3S. The summed E-state index contributed by atoms with van der Waals surface area (Å²) in [5, 5.41) is 8.17. The van der Waals surface area contributed by atoms with Crippen LogP contribution in [0.4, 0.5) is 10.1 Å². The molecule has 1 aromatic rings. The maximum atomic E-state index is 13.7. The van der Waals surface area contributed by atoms with Crippen LogP contribution in [0.3, 0.4) is 0 Å². The number of anilines is 1. The number of aliphatic hydroxyl groups excluding tert-OH is 1. The second kappa shape index (κ2) is 6.25. The lowest BCUT2D eigenvalue weighted by Gasteiger charge is -2.13. The Balaban J connectivity index is 2.16. The number of nitrogens with one attached hydrogen (secondary N) is 1. The SMILES string of the molecule is O=S(=O)(Nc1ccc(C#CCO)c(F)c1)C1CCCC1. The van der Waals surface area contributed by atoms with E-state index < -0.39 is 15.8 Å². The van der Waals surface area contributed by atoms with Gasteiger partial charge < -0.3 is 5.11 Å². The van der Waals surface area contributed by atoms with Crippen molar-refractivity contribution < 1.29 is 17.9 Å². The van der Waals surface area contributed by atoms with Gasteiger partial charge in [0.1, 0.15) is 12.4 Å². The van der Waals surface area contributed by atoms with E-state index in [0.29, 0.717) is 12.8 Å². The van der Waals surface area contributed by atoms with Crippen molar-refractivity contribution in [3.05, 3.63) is 29.6 Å². The van der Waals surface area contributed by atoms with Gasteiger partial charge in [-0.15, -0.1) is 0 Å². The van der Waals surface area contributed by atoms with Crippen LogP contribution in [-0.4, -0.2) is 25.4 Å². The average molecular weight is 297 g/mol. The Kier molecular flexibility index (Phi) is 4.63. The first-order valence-electron chi connectivity index (χ1n) is 6.44. The molecule has 0 unspecified atom stereocenters. The van der Waals surface area contributed by atoms with Crippen molar-refractivity contribution in [1.29, 1.82) is 0 Å². The highest BCUT2D eigenvalue weighted by Gasteiger charge is 2.28. The number of hydrogen-bond donors (Lipinski definition) is 2. The summed E-state index contributed by atoms with van der Waals surface area (Å²) in [6.45, 7) is -0.352. The minimum atomic E-state index is -3.45. The number of hydrogen-bond acceptors (Lipinski definition) is 3. The minimum Gasteiger partial charge on any atom is -0.384 e. The molecule has 1 saturated carbocycles. The lowest BCUT2D eigenvalue weighted by Crippen LogP contribution is -2.25. The van der Waals surface area contributed by atoms with Gasteiger partial charge in [-0.2, -0.15) is 0 Å². The van der Waals surface area contributed by atoms with Gasteiger partial charge in [-0.05, 0) is 31.0 Å². The molecule has 1 aliphatic rings. The molecule has 0 heterocycles. The van der Waals surface area contributed by atoms with Gasteiger partial charge in [-0.1, -0.05) is 24.7 Å². The Morgan fingerprint density at radius 2 is 2.05 bits per heavy atom. The third-order valence-corrected chi connectivity index (χ3v) is 5.14. The highest BCUT2D eigenvalue weighted by Crippen LogP contribution is 2.26. The topological polar surface area (TPSA) is 66.4 Å². The average Bonchev–Trinajstić information content (AvgIpc) is 2.92. The molecular weight excluding hydrogens is 281 g/mol. The second-order valence-corrected chi connectivity index (χ2v) is 6.67. The van der Waals surface area contributed by atoms with Crippen LogP contribution in [0, 0.1) is 17.7 Å². The van der Waals surface area contributed by atoms with Gasteiger partial charge in [0.15, 0.2) is 0 Å². The molecule has 1 aromatic carbocycles. The zero-order valence-electron chi connectivity index (χ0n) is 10.9. The van der Waals surface area contributed by atoms with Crippen LogP contribution >= 0.6 is 0 Å². The van der Waals surface area contributed by atoms with Crippen LogP contribution in [0.15, 0.2) is 18.2 Å². The predicted octanol–water partition coefficient (Wildman–Crippen LogP) is 1.85. The van der Waals surface area contributed by atoms with Crippen molar-refractivity contribution in [3.63, 3.8) is 0 Å². The highest BCUT2D eigenvalue weighted by molar-refractivity contribution is 7.93. The van der Waals surface area contributed by atoms with Gasteiger partial charge in [0, 0.05) is 0 Å². The maximum Gasteiger partial charge on any atom is 0.235 e. The third-order valence-electron chi connectivity index (χ3n) is 3.27. The number of halogens is 1. The van der Waals surface area contributed by atoms with Gasteiger partial charge in [0.2, 0.25) is 10.0 Å². The molecule has 0 bridgehead atoms. The number of sulfonamides is 1. The lowest BCUT2D eigenvalue weighted by atomic mass is 10.2. The fourth-order valence-electron chi connectivity index (χ4n) is 2.26. The van der Waals surface area contributed by atoms with E-state index in [0.717, 1.165) is 18.9 Å². The van der Waals surface area contributed by atoms with Gasteiger partial charge in [0.25, 0.3) is 0 Å². The fourth-order valence-corrected chi connectivity index (χ4v) is 3.84. The summed E-state index contributed by atoms with van der Waals surface area (Å²) in [5.74, 6) is 4.19. The van der Waals surface area contributed by atoms with Crippen molar-refractivity contribution in [1.82, 2.24) is 0 Å². The van der Waals surface area contributed by atoms with Crippen molar-refractivity contribution >= 4 is 15.7 Å². The van der Waals surface area contributed by atoms with Crippen LogP contribution in [0.5, 0.6) is 0 Å².